The Bertz CT molecular complexity index is 675. The maximum atomic E-state index is 12.2. The van der Waals surface area contributed by atoms with E-state index < -0.39 is 0 Å². The van der Waals surface area contributed by atoms with Crippen LogP contribution in [-0.4, -0.2) is 39.9 Å². The maximum absolute atomic E-state index is 12.2. The molecule has 1 saturated heterocycles. The molecule has 122 valence electrons. The number of hydrogen-bond acceptors (Lipinski definition) is 6. The smallest absolute Gasteiger partial charge is 0.246 e. The zero-order valence-corrected chi connectivity index (χ0v) is 13.6. The third kappa shape index (κ3) is 3.76. The minimum absolute atomic E-state index is 0.0240. The zero-order valence-electron chi connectivity index (χ0n) is 12.8. The molecule has 0 aromatic carbocycles. The molecular weight excluding hydrogens is 316 g/mol. The van der Waals surface area contributed by atoms with Gasteiger partial charge in [-0.1, -0.05) is 11.2 Å². The summed E-state index contributed by atoms with van der Waals surface area (Å²) in [5.41, 5.74) is 0. The highest BCUT2D eigenvalue weighted by molar-refractivity contribution is 7.13. The van der Waals surface area contributed by atoms with E-state index in [0.29, 0.717) is 37.6 Å². The predicted octanol–water partition coefficient (Wildman–Crippen LogP) is 1.67. The van der Waals surface area contributed by atoms with Gasteiger partial charge in [-0.05, 0) is 24.3 Å². The SMILES string of the molecule is CC(=O)N1CCC(C(=O)NCc2nc(-c3cccs3)no2)CC1. The van der Waals surface area contributed by atoms with Gasteiger partial charge in [0.05, 0.1) is 11.4 Å². The van der Waals surface area contributed by atoms with Crippen LogP contribution in [0.1, 0.15) is 25.7 Å². The van der Waals surface area contributed by atoms with Crippen molar-refractivity contribution in [3.05, 3.63) is 23.4 Å². The number of nitrogens with one attached hydrogen (secondary N) is 1. The highest BCUT2D eigenvalue weighted by Gasteiger charge is 2.26. The fourth-order valence-corrected chi connectivity index (χ4v) is 3.25. The second-order valence-corrected chi connectivity index (χ2v) is 6.43. The van der Waals surface area contributed by atoms with E-state index in [0.717, 1.165) is 4.88 Å². The van der Waals surface area contributed by atoms with Crippen LogP contribution in [0.25, 0.3) is 10.7 Å². The Morgan fingerprint density at radius 3 is 2.87 bits per heavy atom. The number of amides is 2. The summed E-state index contributed by atoms with van der Waals surface area (Å²) < 4.78 is 5.15. The van der Waals surface area contributed by atoms with Crippen molar-refractivity contribution in [3.8, 4) is 10.7 Å². The summed E-state index contributed by atoms with van der Waals surface area (Å²) in [6.45, 7) is 3.05. The lowest BCUT2D eigenvalue weighted by Crippen LogP contribution is -2.42. The molecule has 1 aliphatic rings. The number of aromatic nitrogens is 2. The first kappa shape index (κ1) is 15.7. The van der Waals surface area contributed by atoms with Crippen LogP contribution in [0.3, 0.4) is 0 Å². The van der Waals surface area contributed by atoms with Crippen LogP contribution >= 0.6 is 11.3 Å². The molecule has 23 heavy (non-hydrogen) atoms. The largest absolute Gasteiger partial charge is 0.347 e. The van der Waals surface area contributed by atoms with Crippen molar-refractivity contribution in [2.24, 2.45) is 5.92 Å². The monoisotopic (exact) mass is 334 g/mol. The molecule has 1 aliphatic heterocycles. The molecule has 1 fully saturated rings. The molecule has 8 heteroatoms. The molecule has 2 aromatic rings. The average Bonchev–Trinajstić information content (AvgIpc) is 3.23. The average molecular weight is 334 g/mol. The first-order chi connectivity index (χ1) is 11.1. The molecule has 0 saturated carbocycles. The molecule has 0 unspecified atom stereocenters. The van der Waals surface area contributed by atoms with Crippen LogP contribution in [-0.2, 0) is 16.1 Å². The number of likely N-dealkylation sites (tertiary alicyclic amines) is 1. The molecule has 1 N–H and O–H groups in total. The fraction of sp³-hybridized carbons (Fsp3) is 0.467. The van der Waals surface area contributed by atoms with Crippen LogP contribution in [0.4, 0.5) is 0 Å². The van der Waals surface area contributed by atoms with Crippen molar-refractivity contribution in [1.82, 2.24) is 20.4 Å². The summed E-state index contributed by atoms with van der Waals surface area (Å²) >= 11 is 1.53. The minimum atomic E-state index is -0.0645. The quantitative estimate of drug-likeness (QED) is 0.919. The number of rotatable bonds is 4. The Kier molecular flexibility index (Phi) is 4.71. The second kappa shape index (κ2) is 6.91. The number of carbonyl (C=O) groups excluding carboxylic acids is 2. The molecule has 0 spiro atoms. The predicted molar refractivity (Wildman–Crippen MR) is 84.4 cm³/mol. The first-order valence-corrected chi connectivity index (χ1v) is 8.41. The van der Waals surface area contributed by atoms with E-state index in [2.05, 4.69) is 15.5 Å². The van der Waals surface area contributed by atoms with Crippen LogP contribution in [0.15, 0.2) is 22.0 Å². The molecule has 3 heterocycles. The van der Waals surface area contributed by atoms with Gasteiger partial charge in [-0.3, -0.25) is 9.59 Å². The van der Waals surface area contributed by atoms with Crippen molar-refractivity contribution in [2.45, 2.75) is 26.3 Å². The zero-order chi connectivity index (χ0) is 16.2. The Morgan fingerprint density at radius 1 is 1.43 bits per heavy atom. The summed E-state index contributed by atoms with van der Waals surface area (Å²) in [4.78, 5) is 30.4. The molecule has 0 radical (unpaired) electrons. The Balaban J connectivity index is 1.49. The summed E-state index contributed by atoms with van der Waals surface area (Å²) in [7, 11) is 0. The van der Waals surface area contributed by atoms with Gasteiger partial charge >= 0.3 is 0 Å². The van der Waals surface area contributed by atoms with E-state index in [9.17, 15) is 9.59 Å². The molecular formula is C15H18N4O3S. The van der Waals surface area contributed by atoms with Gasteiger partial charge in [-0.2, -0.15) is 4.98 Å². The van der Waals surface area contributed by atoms with Crippen molar-refractivity contribution >= 4 is 23.2 Å². The van der Waals surface area contributed by atoms with Crippen LogP contribution < -0.4 is 5.32 Å². The molecule has 0 atom stereocenters. The van der Waals surface area contributed by atoms with Gasteiger partial charge in [-0.15, -0.1) is 11.3 Å². The third-order valence-electron chi connectivity index (χ3n) is 3.93. The van der Waals surface area contributed by atoms with E-state index in [1.165, 1.54) is 11.3 Å². The van der Waals surface area contributed by atoms with Gasteiger partial charge in [0.2, 0.25) is 23.5 Å². The van der Waals surface area contributed by atoms with E-state index in [1.54, 1.807) is 11.8 Å². The lowest BCUT2D eigenvalue weighted by molar-refractivity contribution is -0.134. The minimum Gasteiger partial charge on any atom is -0.347 e. The van der Waals surface area contributed by atoms with Crippen LogP contribution in [0.5, 0.6) is 0 Å². The molecule has 2 aromatic heterocycles. The highest BCUT2D eigenvalue weighted by atomic mass is 32.1. The van der Waals surface area contributed by atoms with Crippen molar-refractivity contribution < 1.29 is 14.1 Å². The van der Waals surface area contributed by atoms with Gasteiger partial charge in [0.15, 0.2) is 0 Å². The molecule has 3 rings (SSSR count). The number of nitrogens with zero attached hydrogens (tertiary/aromatic N) is 3. The van der Waals surface area contributed by atoms with E-state index >= 15 is 0 Å². The number of hydrogen-bond donors (Lipinski definition) is 1. The van der Waals surface area contributed by atoms with Crippen molar-refractivity contribution in [1.29, 1.82) is 0 Å². The summed E-state index contributed by atoms with van der Waals surface area (Å²) in [5, 5.41) is 8.69. The number of piperidine rings is 1. The van der Waals surface area contributed by atoms with Gasteiger partial charge in [-0.25, -0.2) is 0 Å². The number of carbonyl (C=O) groups is 2. The highest BCUT2D eigenvalue weighted by Crippen LogP contribution is 2.21. The Morgan fingerprint density at radius 2 is 2.22 bits per heavy atom. The van der Waals surface area contributed by atoms with E-state index in [1.807, 2.05) is 17.5 Å². The number of thiophene rings is 1. The van der Waals surface area contributed by atoms with Crippen LogP contribution in [0.2, 0.25) is 0 Å². The standard InChI is InChI=1S/C15H18N4O3S/c1-10(20)19-6-4-11(5-7-19)15(21)16-9-13-17-14(18-22-13)12-3-2-8-23-12/h2-3,8,11H,4-7,9H2,1H3,(H,16,21). The van der Waals surface area contributed by atoms with Gasteiger partial charge in [0, 0.05) is 25.9 Å². The lowest BCUT2D eigenvalue weighted by Gasteiger charge is -2.30. The first-order valence-electron chi connectivity index (χ1n) is 7.53. The van der Waals surface area contributed by atoms with Crippen molar-refractivity contribution in [3.63, 3.8) is 0 Å². The third-order valence-corrected chi connectivity index (χ3v) is 4.80. The van der Waals surface area contributed by atoms with E-state index in [-0.39, 0.29) is 24.3 Å². The second-order valence-electron chi connectivity index (χ2n) is 5.49. The normalized spacial score (nSPS) is 15.6. The topological polar surface area (TPSA) is 88.3 Å². The Hall–Kier alpha value is -2.22. The van der Waals surface area contributed by atoms with E-state index in [4.69, 9.17) is 4.52 Å². The van der Waals surface area contributed by atoms with Crippen molar-refractivity contribution in [2.75, 3.05) is 13.1 Å². The van der Waals surface area contributed by atoms with Crippen LogP contribution in [0, 0.1) is 5.92 Å². The fourth-order valence-electron chi connectivity index (χ4n) is 2.60. The van der Waals surface area contributed by atoms with Gasteiger partial charge in [0.1, 0.15) is 0 Å². The molecule has 0 bridgehead atoms. The summed E-state index contributed by atoms with van der Waals surface area (Å²) in [5.74, 6) is 0.909. The summed E-state index contributed by atoms with van der Waals surface area (Å²) in [6.07, 6.45) is 1.38. The molecule has 0 aliphatic carbocycles. The molecule has 7 nitrogen and oxygen atoms in total. The maximum Gasteiger partial charge on any atom is 0.246 e. The molecule has 2 amide bonds. The lowest BCUT2D eigenvalue weighted by atomic mass is 9.96. The summed E-state index contributed by atoms with van der Waals surface area (Å²) in [6, 6.07) is 3.84. The van der Waals surface area contributed by atoms with Gasteiger partial charge in [0.25, 0.3) is 0 Å². The Labute approximate surface area is 137 Å². The van der Waals surface area contributed by atoms with Gasteiger partial charge < -0.3 is 14.7 Å².